The average Bonchev–Trinajstić information content (AvgIpc) is 2.09. The summed E-state index contributed by atoms with van der Waals surface area (Å²) in [5.74, 6) is -0.490. The van der Waals surface area contributed by atoms with E-state index in [9.17, 15) is 9.59 Å². The molecule has 13 heavy (non-hydrogen) atoms. The zero-order valence-electron chi connectivity index (χ0n) is 7.25. The lowest BCUT2D eigenvalue weighted by atomic mass is 10.1. The SMILES string of the molecule is N#CCC(=O)NN1CCCCC1=O. The first-order valence-corrected chi connectivity index (χ1v) is 4.21. The van der Waals surface area contributed by atoms with Crippen LogP contribution >= 0.6 is 0 Å². The molecule has 5 nitrogen and oxygen atoms in total. The fraction of sp³-hybridized carbons (Fsp3) is 0.625. The standard InChI is InChI=1S/C8H11N3O2/c9-5-4-7(12)10-11-6-2-1-3-8(11)13/h1-4,6H2,(H,10,12). The monoisotopic (exact) mass is 181 g/mol. The van der Waals surface area contributed by atoms with Crippen LogP contribution in [0.25, 0.3) is 0 Å². The number of nitriles is 1. The number of hydrogen-bond acceptors (Lipinski definition) is 3. The Hall–Kier alpha value is -1.57. The van der Waals surface area contributed by atoms with Crippen LogP contribution in [0, 0.1) is 11.3 Å². The first kappa shape index (κ1) is 9.52. The van der Waals surface area contributed by atoms with Gasteiger partial charge in [0.05, 0.1) is 6.07 Å². The second-order valence-electron chi connectivity index (χ2n) is 2.87. The summed E-state index contributed by atoms with van der Waals surface area (Å²) in [5, 5.41) is 9.51. The largest absolute Gasteiger partial charge is 0.273 e. The van der Waals surface area contributed by atoms with E-state index in [1.807, 2.05) is 0 Å². The summed E-state index contributed by atoms with van der Waals surface area (Å²) in [6.07, 6.45) is 2.05. The predicted molar refractivity (Wildman–Crippen MR) is 43.9 cm³/mol. The van der Waals surface area contributed by atoms with Gasteiger partial charge in [0.2, 0.25) is 5.91 Å². The zero-order valence-corrected chi connectivity index (χ0v) is 7.25. The van der Waals surface area contributed by atoms with Crippen molar-refractivity contribution in [3.63, 3.8) is 0 Å². The molecule has 0 unspecified atom stereocenters. The molecular weight excluding hydrogens is 170 g/mol. The van der Waals surface area contributed by atoms with Crippen molar-refractivity contribution in [2.24, 2.45) is 0 Å². The van der Waals surface area contributed by atoms with Gasteiger partial charge >= 0.3 is 0 Å². The van der Waals surface area contributed by atoms with Crippen molar-refractivity contribution in [3.8, 4) is 6.07 Å². The van der Waals surface area contributed by atoms with Gasteiger partial charge in [0.1, 0.15) is 6.42 Å². The first-order valence-electron chi connectivity index (χ1n) is 4.21. The topological polar surface area (TPSA) is 73.2 Å². The van der Waals surface area contributed by atoms with Crippen molar-refractivity contribution < 1.29 is 9.59 Å². The molecule has 1 N–H and O–H groups in total. The molecule has 1 heterocycles. The van der Waals surface area contributed by atoms with Crippen LogP contribution in [-0.2, 0) is 9.59 Å². The molecule has 0 bridgehead atoms. The van der Waals surface area contributed by atoms with Crippen LogP contribution in [0.15, 0.2) is 0 Å². The van der Waals surface area contributed by atoms with Gasteiger partial charge < -0.3 is 0 Å². The van der Waals surface area contributed by atoms with E-state index in [1.165, 1.54) is 5.01 Å². The minimum Gasteiger partial charge on any atom is -0.273 e. The third-order valence-electron chi connectivity index (χ3n) is 1.82. The lowest BCUT2D eigenvalue weighted by Crippen LogP contribution is -2.48. The summed E-state index contributed by atoms with van der Waals surface area (Å²) in [6.45, 7) is 0.552. The van der Waals surface area contributed by atoms with E-state index in [1.54, 1.807) is 6.07 Å². The molecule has 70 valence electrons. The van der Waals surface area contributed by atoms with Gasteiger partial charge in [-0.3, -0.25) is 20.0 Å². The Balaban J connectivity index is 2.39. The molecule has 0 spiro atoms. The Bertz CT molecular complexity index is 257. The molecule has 0 aromatic heterocycles. The highest BCUT2D eigenvalue weighted by atomic mass is 16.2. The molecule has 1 fully saturated rings. The number of rotatable bonds is 2. The summed E-state index contributed by atoms with van der Waals surface area (Å²) in [6, 6.07) is 1.72. The minimum atomic E-state index is -0.419. The molecule has 0 aromatic rings. The molecule has 2 amide bonds. The Labute approximate surface area is 76.3 Å². The van der Waals surface area contributed by atoms with Gasteiger partial charge in [-0.05, 0) is 12.8 Å². The molecule has 0 atom stereocenters. The molecule has 1 aliphatic heterocycles. The third kappa shape index (κ3) is 2.75. The number of amides is 2. The number of nitrogens with zero attached hydrogens (tertiary/aromatic N) is 2. The highest BCUT2D eigenvalue weighted by Crippen LogP contribution is 2.07. The second kappa shape index (κ2) is 4.45. The third-order valence-corrected chi connectivity index (χ3v) is 1.82. The van der Waals surface area contributed by atoms with Crippen LogP contribution in [0.2, 0.25) is 0 Å². The Morgan fingerprint density at radius 1 is 1.62 bits per heavy atom. The van der Waals surface area contributed by atoms with E-state index in [2.05, 4.69) is 5.43 Å². The van der Waals surface area contributed by atoms with Crippen LogP contribution in [0.1, 0.15) is 25.7 Å². The molecular formula is C8H11N3O2. The Morgan fingerprint density at radius 2 is 2.38 bits per heavy atom. The van der Waals surface area contributed by atoms with E-state index in [0.29, 0.717) is 13.0 Å². The maximum absolute atomic E-state index is 11.2. The molecule has 0 aromatic carbocycles. The number of carbonyl (C=O) groups is 2. The molecule has 5 heteroatoms. The van der Waals surface area contributed by atoms with Gasteiger partial charge in [0, 0.05) is 13.0 Å². The highest BCUT2D eigenvalue weighted by molar-refractivity contribution is 5.83. The van der Waals surface area contributed by atoms with E-state index in [0.717, 1.165) is 12.8 Å². The van der Waals surface area contributed by atoms with Crippen LogP contribution < -0.4 is 5.43 Å². The maximum Gasteiger partial charge on any atom is 0.252 e. The van der Waals surface area contributed by atoms with Crippen molar-refractivity contribution in [1.82, 2.24) is 10.4 Å². The van der Waals surface area contributed by atoms with Crippen molar-refractivity contribution in [3.05, 3.63) is 0 Å². The number of carbonyl (C=O) groups excluding carboxylic acids is 2. The van der Waals surface area contributed by atoms with E-state index < -0.39 is 5.91 Å². The number of hydrogen-bond donors (Lipinski definition) is 1. The van der Waals surface area contributed by atoms with Crippen LogP contribution in [-0.4, -0.2) is 23.4 Å². The van der Waals surface area contributed by atoms with E-state index in [4.69, 9.17) is 5.26 Å². The van der Waals surface area contributed by atoms with Crippen molar-refractivity contribution in [1.29, 1.82) is 5.26 Å². The van der Waals surface area contributed by atoms with Crippen molar-refractivity contribution in [2.75, 3.05) is 6.54 Å². The smallest absolute Gasteiger partial charge is 0.252 e. The van der Waals surface area contributed by atoms with E-state index in [-0.39, 0.29) is 12.3 Å². The minimum absolute atomic E-state index is 0.0717. The summed E-state index contributed by atoms with van der Waals surface area (Å²) >= 11 is 0. The summed E-state index contributed by atoms with van der Waals surface area (Å²) in [7, 11) is 0. The van der Waals surface area contributed by atoms with Gasteiger partial charge in [-0.2, -0.15) is 5.26 Å². The predicted octanol–water partition coefficient (Wildman–Crippen LogP) is -0.0562. The Morgan fingerprint density at radius 3 is 3.00 bits per heavy atom. The molecule has 1 saturated heterocycles. The average molecular weight is 181 g/mol. The summed E-state index contributed by atoms with van der Waals surface area (Å²) < 4.78 is 0. The van der Waals surface area contributed by atoms with Gasteiger partial charge in [-0.25, -0.2) is 0 Å². The van der Waals surface area contributed by atoms with Gasteiger partial charge in [0.15, 0.2) is 0 Å². The lowest BCUT2D eigenvalue weighted by molar-refractivity contribution is -0.143. The second-order valence-corrected chi connectivity index (χ2v) is 2.87. The molecule has 0 saturated carbocycles. The van der Waals surface area contributed by atoms with Crippen molar-refractivity contribution in [2.45, 2.75) is 25.7 Å². The number of piperidine rings is 1. The van der Waals surface area contributed by atoms with Gasteiger partial charge in [0.25, 0.3) is 5.91 Å². The highest BCUT2D eigenvalue weighted by Gasteiger charge is 2.19. The van der Waals surface area contributed by atoms with Gasteiger partial charge in [-0.1, -0.05) is 0 Å². The quantitative estimate of drug-likeness (QED) is 0.648. The first-order chi connectivity index (χ1) is 6.24. The normalized spacial score (nSPS) is 16.5. The van der Waals surface area contributed by atoms with Crippen LogP contribution in [0.5, 0.6) is 0 Å². The van der Waals surface area contributed by atoms with Crippen molar-refractivity contribution >= 4 is 11.8 Å². The lowest BCUT2D eigenvalue weighted by Gasteiger charge is -2.26. The Kier molecular flexibility index (Phi) is 3.26. The fourth-order valence-corrected chi connectivity index (χ4v) is 1.19. The fourth-order valence-electron chi connectivity index (χ4n) is 1.19. The van der Waals surface area contributed by atoms with Crippen LogP contribution in [0.3, 0.4) is 0 Å². The number of nitrogens with one attached hydrogen (secondary N) is 1. The molecule has 1 rings (SSSR count). The number of hydrazine groups is 1. The summed E-state index contributed by atoms with van der Waals surface area (Å²) in [5.41, 5.74) is 2.39. The molecule has 0 aliphatic carbocycles. The van der Waals surface area contributed by atoms with Crippen LogP contribution in [0.4, 0.5) is 0 Å². The zero-order chi connectivity index (χ0) is 9.68. The molecule has 0 radical (unpaired) electrons. The van der Waals surface area contributed by atoms with E-state index >= 15 is 0 Å². The van der Waals surface area contributed by atoms with Gasteiger partial charge in [-0.15, -0.1) is 0 Å². The summed E-state index contributed by atoms with van der Waals surface area (Å²) in [4.78, 5) is 22.1. The molecule has 1 aliphatic rings. The maximum atomic E-state index is 11.2.